The highest BCUT2D eigenvalue weighted by molar-refractivity contribution is 7.17. The second kappa shape index (κ2) is 8.17. The zero-order valence-corrected chi connectivity index (χ0v) is 19.1. The van der Waals surface area contributed by atoms with Gasteiger partial charge in [-0.15, -0.1) is 0 Å². The first kappa shape index (κ1) is 22.9. The van der Waals surface area contributed by atoms with Gasteiger partial charge < -0.3 is 19.7 Å². The molecule has 1 aliphatic rings. The molecule has 2 heterocycles. The van der Waals surface area contributed by atoms with Crippen LogP contribution in [0.3, 0.4) is 0 Å². The Morgan fingerprint density at radius 3 is 2.17 bits per heavy atom. The quantitative estimate of drug-likeness (QED) is 0.745. The topological polar surface area (TPSA) is 101 Å². The summed E-state index contributed by atoms with van der Waals surface area (Å²) >= 11 is 1.12. The molecule has 1 saturated heterocycles. The number of likely N-dealkylation sites (tertiary alicyclic amines) is 1. The molecule has 1 fully saturated rings. The predicted molar refractivity (Wildman–Crippen MR) is 111 cm³/mol. The van der Waals surface area contributed by atoms with Crippen LogP contribution in [0.5, 0.6) is 0 Å². The number of thiazole rings is 1. The summed E-state index contributed by atoms with van der Waals surface area (Å²) in [6.45, 7) is 13.2. The van der Waals surface area contributed by atoms with Crippen LogP contribution < -0.4 is 10.2 Å². The molecule has 162 valence electrons. The highest BCUT2D eigenvalue weighted by atomic mass is 32.1. The molecule has 1 aromatic heterocycles. The van der Waals surface area contributed by atoms with E-state index in [-0.39, 0.29) is 12.1 Å². The molecule has 0 radical (unpaired) electrons. The highest BCUT2D eigenvalue weighted by Crippen LogP contribution is 2.28. The first-order valence-corrected chi connectivity index (χ1v) is 10.2. The number of anilines is 1. The van der Waals surface area contributed by atoms with Crippen molar-refractivity contribution < 1.29 is 23.9 Å². The standard InChI is InChI=1S/C19H30N4O5S/c1-11-13(14(24)27-18(2,3)4)29-15(20-11)22(8)17(26)23-9-12(10-23)21-16(25)28-19(5,6)7/h12H,9-10H2,1-8H3,(H,21,25). The Morgan fingerprint density at radius 1 is 1.10 bits per heavy atom. The Labute approximate surface area is 175 Å². The van der Waals surface area contributed by atoms with E-state index in [1.54, 1.807) is 60.4 Å². The second-order valence-electron chi connectivity index (χ2n) is 9.00. The number of nitrogens with zero attached hydrogens (tertiary/aromatic N) is 3. The molecule has 10 heteroatoms. The number of hydrogen-bond acceptors (Lipinski definition) is 7. The van der Waals surface area contributed by atoms with Gasteiger partial charge in [0.15, 0.2) is 5.13 Å². The molecule has 29 heavy (non-hydrogen) atoms. The molecule has 1 N–H and O–H groups in total. The lowest BCUT2D eigenvalue weighted by Gasteiger charge is -2.40. The van der Waals surface area contributed by atoms with Crippen molar-refractivity contribution in [3.8, 4) is 0 Å². The number of rotatable bonds is 3. The van der Waals surface area contributed by atoms with Crippen LogP contribution in [0.15, 0.2) is 0 Å². The van der Waals surface area contributed by atoms with Crippen molar-refractivity contribution in [2.24, 2.45) is 0 Å². The van der Waals surface area contributed by atoms with Gasteiger partial charge >= 0.3 is 18.1 Å². The van der Waals surface area contributed by atoms with Gasteiger partial charge in [-0.3, -0.25) is 4.90 Å². The average Bonchev–Trinajstić information content (AvgIpc) is 2.87. The molecule has 2 rings (SSSR count). The van der Waals surface area contributed by atoms with Crippen LogP contribution in [0.1, 0.15) is 56.9 Å². The van der Waals surface area contributed by atoms with Crippen molar-refractivity contribution in [3.05, 3.63) is 10.6 Å². The minimum atomic E-state index is -0.608. The summed E-state index contributed by atoms with van der Waals surface area (Å²) < 4.78 is 10.6. The van der Waals surface area contributed by atoms with Crippen molar-refractivity contribution in [1.82, 2.24) is 15.2 Å². The van der Waals surface area contributed by atoms with E-state index in [4.69, 9.17) is 9.47 Å². The van der Waals surface area contributed by atoms with Crippen LogP contribution in [0.25, 0.3) is 0 Å². The van der Waals surface area contributed by atoms with Gasteiger partial charge in [-0.25, -0.2) is 19.4 Å². The maximum Gasteiger partial charge on any atom is 0.407 e. The van der Waals surface area contributed by atoms with Gasteiger partial charge in [0.25, 0.3) is 0 Å². The van der Waals surface area contributed by atoms with E-state index in [0.29, 0.717) is 28.8 Å². The molecule has 1 aliphatic heterocycles. The summed E-state index contributed by atoms with van der Waals surface area (Å²) in [6.07, 6.45) is -0.500. The summed E-state index contributed by atoms with van der Waals surface area (Å²) in [5, 5.41) is 3.15. The molecule has 3 amide bonds. The molecule has 0 unspecified atom stereocenters. The number of esters is 1. The fourth-order valence-corrected chi connectivity index (χ4v) is 3.43. The van der Waals surface area contributed by atoms with E-state index in [1.807, 2.05) is 0 Å². The van der Waals surface area contributed by atoms with Gasteiger partial charge in [-0.05, 0) is 48.5 Å². The lowest BCUT2D eigenvalue weighted by molar-refractivity contribution is 0.00738. The molecular formula is C19H30N4O5S. The molecule has 0 saturated carbocycles. The third-order valence-corrected chi connectivity index (χ3v) is 5.03. The van der Waals surface area contributed by atoms with E-state index in [2.05, 4.69) is 10.3 Å². The number of alkyl carbamates (subject to hydrolysis) is 1. The van der Waals surface area contributed by atoms with E-state index in [0.717, 1.165) is 11.3 Å². The first-order valence-electron chi connectivity index (χ1n) is 9.39. The number of ether oxygens (including phenoxy) is 2. The van der Waals surface area contributed by atoms with Crippen molar-refractivity contribution in [2.45, 2.75) is 65.7 Å². The molecule has 0 bridgehead atoms. The summed E-state index contributed by atoms with van der Waals surface area (Å²) in [7, 11) is 1.61. The van der Waals surface area contributed by atoms with Crippen LogP contribution in [0.2, 0.25) is 0 Å². The van der Waals surface area contributed by atoms with Gasteiger partial charge in [-0.1, -0.05) is 11.3 Å². The smallest absolute Gasteiger partial charge is 0.407 e. The van der Waals surface area contributed by atoms with Gasteiger partial charge in [0.1, 0.15) is 16.1 Å². The maximum absolute atomic E-state index is 12.7. The second-order valence-corrected chi connectivity index (χ2v) is 9.98. The van der Waals surface area contributed by atoms with Crippen molar-refractivity contribution in [3.63, 3.8) is 0 Å². The van der Waals surface area contributed by atoms with Gasteiger partial charge in [-0.2, -0.15) is 0 Å². The van der Waals surface area contributed by atoms with Crippen LogP contribution in [-0.2, 0) is 9.47 Å². The number of nitrogens with one attached hydrogen (secondary N) is 1. The number of carbonyl (C=O) groups is 3. The number of aryl methyl sites for hydroxylation is 1. The van der Waals surface area contributed by atoms with Gasteiger partial charge in [0, 0.05) is 20.1 Å². The number of urea groups is 1. The van der Waals surface area contributed by atoms with Crippen LogP contribution >= 0.6 is 11.3 Å². The molecule has 0 atom stereocenters. The Bertz CT molecular complexity index is 788. The van der Waals surface area contributed by atoms with Crippen LogP contribution in [-0.4, -0.2) is 65.4 Å². The summed E-state index contributed by atoms with van der Waals surface area (Å²) in [6, 6.07) is -0.408. The highest BCUT2D eigenvalue weighted by Gasteiger charge is 2.35. The zero-order chi connectivity index (χ0) is 22.1. The van der Waals surface area contributed by atoms with Gasteiger partial charge in [0.05, 0.1) is 11.7 Å². The Kier molecular flexibility index (Phi) is 6.46. The number of aromatic nitrogens is 1. The minimum Gasteiger partial charge on any atom is -0.456 e. The Hall–Kier alpha value is -2.36. The van der Waals surface area contributed by atoms with Crippen molar-refractivity contribution in [2.75, 3.05) is 25.0 Å². The third kappa shape index (κ3) is 6.31. The molecular weight excluding hydrogens is 396 g/mol. The number of carbonyl (C=O) groups excluding carboxylic acids is 3. The maximum atomic E-state index is 12.7. The van der Waals surface area contributed by atoms with Crippen molar-refractivity contribution in [1.29, 1.82) is 0 Å². The summed E-state index contributed by atoms with van der Waals surface area (Å²) in [5.74, 6) is -0.454. The molecule has 1 aromatic rings. The fourth-order valence-electron chi connectivity index (χ4n) is 2.53. The van der Waals surface area contributed by atoms with E-state index >= 15 is 0 Å². The largest absolute Gasteiger partial charge is 0.456 e. The van der Waals surface area contributed by atoms with Crippen molar-refractivity contribution >= 4 is 34.6 Å². The predicted octanol–water partition coefficient (Wildman–Crippen LogP) is 3.17. The summed E-state index contributed by atoms with van der Waals surface area (Å²) in [5.41, 5.74) is -0.659. The lowest BCUT2D eigenvalue weighted by atomic mass is 10.1. The first-order chi connectivity index (χ1) is 13.2. The Balaban J connectivity index is 1.93. The van der Waals surface area contributed by atoms with Crippen LogP contribution in [0.4, 0.5) is 14.7 Å². The zero-order valence-electron chi connectivity index (χ0n) is 18.3. The Morgan fingerprint density at radius 2 is 1.66 bits per heavy atom. The monoisotopic (exact) mass is 426 g/mol. The lowest BCUT2D eigenvalue weighted by Crippen LogP contribution is -2.63. The number of hydrogen-bond donors (Lipinski definition) is 1. The summed E-state index contributed by atoms with van der Waals surface area (Å²) in [4.78, 5) is 44.5. The molecule has 0 aliphatic carbocycles. The third-order valence-electron chi connectivity index (χ3n) is 3.82. The van der Waals surface area contributed by atoms with Gasteiger partial charge in [0.2, 0.25) is 0 Å². The van der Waals surface area contributed by atoms with Crippen LogP contribution in [0, 0.1) is 6.92 Å². The van der Waals surface area contributed by atoms with E-state index in [1.165, 1.54) is 4.90 Å². The van der Waals surface area contributed by atoms with E-state index < -0.39 is 23.3 Å². The molecule has 0 aromatic carbocycles. The SMILES string of the molecule is Cc1nc(N(C)C(=O)N2CC(NC(=O)OC(C)(C)C)C2)sc1C(=O)OC(C)(C)C. The molecule has 0 spiro atoms. The van der Waals surface area contributed by atoms with E-state index in [9.17, 15) is 14.4 Å². The fraction of sp³-hybridized carbons (Fsp3) is 0.684. The minimum absolute atomic E-state index is 0.155. The molecule has 9 nitrogen and oxygen atoms in total. The normalized spacial score (nSPS) is 14.8. The number of amides is 3. The average molecular weight is 427 g/mol.